The third kappa shape index (κ3) is 4.75. The molecule has 0 aliphatic rings. The van der Waals surface area contributed by atoms with E-state index in [1.807, 2.05) is 0 Å². The highest BCUT2D eigenvalue weighted by Gasteiger charge is 2.33. The number of hydrogen-bond donors (Lipinski definition) is 2. The Morgan fingerprint density at radius 1 is 1.32 bits per heavy atom. The van der Waals surface area contributed by atoms with Crippen LogP contribution in [-0.4, -0.2) is 32.4 Å². The van der Waals surface area contributed by atoms with Gasteiger partial charge in [0, 0.05) is 0 Å². The number of aliphatic carboxylic acids is 1. The number of alkyl halides is 3. The Balaban J connectivity index is 3.09. The van der Waals surface area contributed by atoms with Crippen LogP contribution in [0.1, 0.15) is 0 Å². The predicted molar refractivity (Wildman–Crippen MR) is 55.9 cm³/mol. The summed E-state index contributed by atoms with van der Waals surface area (Å²) in [6, 6.07) is 4.00. The number of halogens is 3. The maximum Gasteiger partial charge on any atom is 0.573 e. The fourth-order valence-corrected chi connectivity index (χ4v) is 2.22. The molecule has 0 aliphatic heterocycles. The number of hydrogen-bond acceptors (Lipinski definition) is 4. The molecule has 0 saturated carbocycles. The SMILES string of the molecule is O=C(O)CNS(=O)(=O)c1ccccc1OC(F)(F)F. The highest BCUT2D eigenvalue weighted by molar-refractivity contribution is 7.89. The molecule has 0 radical (unpaired) electrons. The second-order valence-electron chi connectivity index (χ2n) is 3.21. The van der Waals surface area contributed by atoms with Crippen LogP contribution >= 0.6 is 0 Å². The van der Waals surface area contributed by atoms with Crippen LogP contribution in [0.5, 0.6) is 5.75 Å². The number of carboxylic acids is 1. The topological polar surface area (TPSA) is 92.7 Å². The van der Waals surface area contributed by atoms with Gasteiger partial charge in [0.2, 0.25) is 10.0 Å². The number of carboxylic acid groups (broad SMARTS) is 1. The van der Waals surface area contributed by atoms with Gasteiger partial charge in [0.05, 0.1) is 0 Å². The van der Waals surface area contributed by atoms with Crippen molar-refractivity contribution in [2.24, 2.45) is 0 Å². The summed E-state index contributed by atoms with van der Waals surface area (Å²) in [5.41, 5.74) is 0. The summed E-state index contributed by atoms with van der Waals surface area (Å²) < 4.78 is 64.7. The quantitative estimate of drug-likeness (QED) is 0.844. The highest BCUT2D eigenvalue weighted by Crippen LogP contribution is 2.28. The summed E-state index contributed by atoms with van der Waals surface area (Å²) in [7, 11) is -4.41. The summed E-state index contributed by atoms with van der Waals surface area (Å²) in [6.45, 7) is -0.956. The zero-order valence-electron chi connectivity index (χ0n) is 9.14. The molecule has 10 heteroatoms. The normalized spacial score (nSPS) is 12.2. The van der Waals surface area contributed by atoms with Crippen molar-refractivity contribution in [2.45, 2.75) is 11.3 Å². The average molecular weight is 299 g/mol. The molecule has 0 heterocycles. The second-order valence-corrected chi connectivity index (χ2v) is 4.95. The molecule has 6 nitrogen and oxygen atoms in total. The van der Waals surface area contributed by atoms with Crippen LogP contribution in [0.15, 0.2) is 29.2 Å². The van der Waals surface area contributed by atoms with E-state index >= 15 is 0 Å². The Hall–Kier alpha value is -1.81. The van der Waals surface area contributed by atoms with Crippen molar-refractivity contribution in [2.75, 3.05) is 6.54 Å². The molecule has 1 aromatic rings. The summed E-state index contributed by atoms with van der Waals surface area (Å²) in [4.78, 5) is 9.46. The third-order valence-corrected chi connectivity index (χ3v) is 3.22. The van der Waals surface area contributed by atoms with Gasteiger partial charge in [0.15, 0.2) is 0 Å². The van der Waals surface area contributed by atoms with Crippen molar-refractivity contribution >= 4 is 16.0 Å². The summed E-state index contributed by atoms with van der Waals surface area (Å²) in [6.07, 6.45) is -5.06. The Bertz CT molecular complexity index is 569. The van der Waals surface area contributed by atoms with Crippen LogP contribution in [0.3, 0.4) is 0 Å². The van der Waals surface area contributed by atoms with E-state index in [-0.39, 0.29) is 0 Å². The Kier molecular flexibility index (Phi) is 4.37. The van der Waals surface area contributed by atoms with E-state index in [4.69, 9.17) is 5.11 Å². The Morgan fingerprint density at radius 3 is 2.42 bits per heavy atom. The van der Waals surface area contributed by atoms with Crippen LogP contribution in [0, 0.1) is 0 Å². The van der Waals surface area contributed by atoms with Gasteiger partial charge in [-0.25, -0.2) is 8.42 Å². The summed E-state index contributed by atoms with van der Waals surface area (Å²) >= 11 is 0. The Labute approximate surface area is 105 Å². The van der Waals surface area contributed by atoms with Crippen molar-refractivity contribution in [1.82, 2.24) is 4.72 Å². The van der Waals surface area contributed by atoms with Gasteiger partial charge in [0.1, 0.15) is 17.2 Å². The van der Waals surface area contributed by atoms with E-state index < -0.39 is 39.5 Å². The highest BCUT2D eigenvalue weighted by atomic mass is 32.2. The predicted octanol–water partition coefficient (Wildman–Crippen LogP) is 0.948. The monoisotopic (exact) mass is 299 g/mol. The number of nitrogens with one attached hydrogen (secondary N) is 1. The molecule has 0 atom stereocenters. The van der Waals surface area contributed by atoms with Crippen LogP contribution in [-0.2, 0) is 14.8 Å². The molecule has 0 aliphatic carbocycles. The smallest absolute Gasteiger partial charge is 0.480 e. The molecule has 0 saturated heterocycles. The molecule has 0 fully saturated rings. The molecule has 0 bridgehead atoms. The third-order valence-electron chi connectivity index (χ3n) is 1.78. The minimum Gasteiger partial charge on any atom is -0.480 e. The van der Waals surface area contributed by atoms with E-state index in [9.17, 15) is 26.4 Å². The first-order chi connectivity index (χ1) is 8.62. The van der Waals surface area contributed by atoms with Gasteiger partial charge < -0.3 is 9.84 Å². The standard InChI is InChI=1S/C9H8F3NO5S/c10-9(11,12)18-6-3-1-2-4-7(6)19(16,17)13-5-8(14)15/h1-4,13H,5H2,(H,14,15). The van der Waals surface area contributed by atoms with Gasteiger partial charge in [-0.05, 0) is 12.1 Å². The summed E-state index contributed by atoms with van der Waals surface area (Å²) in [5, 5.41) is 8.34. The zero-order chi connectivity index (χ0) is 14.7. The first-order valence-electron chi connectivity index (χ1n) is 4.68. The van der Waals surface area contributed by atoms with Crippen LogP contribution < -0.4 is 9.46 Å². The molecular formula is C9H8F3NO5S. The molecule has 1 rings (SSSR count). The lowest BCUT2D eigenvalue weighted by molar-refractivity contribution is -0.275. The van der Waals surface area contributed by atoms with E-state index in [1.54, 1.807) is 4.72 Å². The molecule has 0 amide bonds. The fraction of sp³-hybridized carbons (Fsp3) is 0.222. The number of benzene rings is 1. The first kappa shape index (κ1) is 15.2. The molecule has 1 aromatic carbocycles. The molecule has 2 N–H and O–H groups in total. The minimum atomic E-state index is -5.06. The number of sulfonamides is 1. The molecule has 19 heavy (non-hydrogen) atoms. The molecule has 0 unspecified atom stereocenters. The van der Waals surface area contributed by atoms with E-state index in [1.165, 1.54) is 6.07 Å². The largest absolute Gasteiger partial charge is 0.573 e. The summed E-state index contributed by atoms with van der Waals surface area (Å²) in [5.74, 6) is -2.41. The van der Waals surface area contributed by atoms with Gasteiger partial charge in [-0.15, -0.1) is 13.2 Å². The lowest BCUT2D eigenvalue weighted by Crippen LogP contribution is -2.30. The van der Waals surface area contributed by atoms with E-state index in [0.29, 0.717) is 0 Å². The molecular weight excluding hydrogens is 291 g/mol. The Morgan fingerprint density at radius 2 is 1.89 bits per heavy atom. The maximum atomic E-state index is 12.1. The van der Waals surface area contributed by atoms with Crippen LogP contribution in [0.2, 0.25) is 0 Å². The second kappa shape index (κ2) is 5.45. The molecule has 0 spiro atoms. The van der Waals surface area contributed by atoms with Crippen LogP contribution in [0.25, 0.3) is 0 Å². The van der Waals surface area contributed by atoms with Gasteiger partial charge in [0.25, 0.3) is 0 Å². The first-order valence-corrected chi connectivity index (χ1v) is 6.16. The van der Waals surface area contributed by atoms with Crippen molar-refractivity contribution in [1.29, 1.82) is 0 Å². The lowest BCUT2D eigenvalue weighted by atomic mass is 10.3. The molecule has 0 aromatic heterocycles. The van der Waals surface area contributed by atoms with Gasteiger partial charge in [-0.1, -0.05) is 12.1 Å². The number of rotatable bonds is 5. The van der Waals surface area contributed by atoms with E-state index in [2.05, 4.69) is 4.74 Å². The zero-order valence-corrected chi connectivity index (χ0v) is 9.96. The minimum absolute atomic E-state index is 0.798. The van der Waals surface area contributed by atoms with Crippen molar-refractivity contribution in [3.8, 4) is 5.75 Å². The number of carbonyl (C=O) groups is 1. The average Bonchev–Trinajstić information content (AvgIpc) is 2.25. The number of para-hydroxylation sites is 1. The maximum absolute atomic E-state index is 12.1. The fourth-order valence-electron chi connectivity index (χ4n) is 1.12. The van der Waals surface area contributed by atoms with Gasteiger partial charge >= 0.3 is 12.3 Å². The van der Waals surface area contributed by atoms with Gasteiger partial charge in [-0.2, -0.15) is 4.72 Å². The molecule has 106 valence electrons. The van der Waals surface area contributed by atoms with Crippen molar-refractivity contribution in [3.05, 3.63) is 24.3 Å². The van der Waals surface area contributed by atoms with Crippen molar-refractivity contribution in [3.63, 3.8) is 0 Å². The van der Waals surface area contributed by atoms with Crippen LogP contribution in [0.4, 0.5) is 13.2 Å². The lowest BCUT2D eigenvalue weighted by Gasteiger charge is -2.13. The van der Waals surface area contributed by atoms with Gasteiger partial charge in [-0.3, -0.25) is 4.79 Å². The van der Waals surface area contributed by atoms with Crippen molar-refractivity contribution < 1.29 is 36.2 Å². The number of ether oxygens (including phenoxy) is 1. The van der Waals surface area contributed by atoms with E-state index in [0.717, 1.165) is 18.2 Å².